The standard InChI is InChI=1S/C17H27NO4/c1-12(2)9-10-21-17(3,4)11-16(20)22-18-14(13-5-6-13)7-8-15(18)19/h12H,5-11H2,1-4H3. The van der Waals surface area contributed by atoms with Gasteiger partial charge in [0.1, 0.15) is 0 Å². The van der Waals surface area contributed by atoms with Crippen LogP contribution in [0.5, 0.6) is 0 Å². The Bertz CT molecular complexity index is 473. The first-order valence-corrected chi connectivity index (χ1v) is 8.17. The zero-order valence-electron chi connectivity index (χ0n) is 14.1. The Labute approximate surface area is 132 Å². The van der Waals surface area contributed by atoms with E-state index in [0.29, 0.717) is 25.4 Å². The number of hydrogen-bond acceptors (Lipinski definition) is 4. The summed E-state index contributed by atoms with van der Waals surface area (Å²) in [6.45, 7) is 8.64. The maximum absolute atomic E-state index is 12.1. The molecule has 0 unspecified atom stereocenters. The molecule has 5 nitrogen and oxygen atoms in total. The Hall–Kier alpha value is -1.36. The van der Waals surface area contributed by atoms with E-state index in [1.54, 1.807) is 0 Å². The molecule has 5 heteroatoms. The van der Waals surface area contributed by atoms with Crippen LogP contribution in [-0.2, 0) is 19.2 Å². The molecule has 1 aliphatic carbocycles. The lowest BCUT2D eigenvalue weighted by atomic mass is 10.1. The van der Waals surface area contributed by atoms with Gasteiger partial charge in [0.25, 0.3) is 5.91 Å². The van der Waals surface area contributed by atoms with Gasteiger partial charge in [0.05, 0.1) is 17.7 Å². The van der Waals surface area contributed by atoms with Crippen molar-refractivity contribution in [3.05, 3.63) is 11.3 Å². The summed E-state index contributed by atoms with van der Waals surface area (Å²) in [5.74, 6) is 0.0301. The molecular weight excluding hydrogens is 282 g/mol. The highest BCUT2D eigenvalue weighted by molar-refractivity contribution is 5.83. The van der Waals surface area contributed by atoms with Crippen molar-refractivity contribution in [2.75, 3.05) is 6.61 Å². The van der Waals surface area contributed by atoms with Crippen LogP contribution < -0.4 is 0 Å². The average molecular weight is 309 g/mol. The molecule has 2 rings (SSSR count). The van der Waals surface area contributed by atoms with Gasteiger partial charge in [-0.25, -0.2) is 4.79 Å². The fraction of sp³-hybridized carbons (Fsp3) is 0.765. The Morgan fingerprint density at radius 2 is 1.91 bits per heavy atom. The first-order valence-electron chi connectivity index (χ1n) is 8.17. The van der Waals surface area contributed by atoms with Crippen LogP contribution in [0, 0.1) is 5.92 Å². The van der Waals surface area contributed by atoms with Gasteiger partial charge in [-0.2, -0.15) is 0 Å². The van der Waals surface area contributed by atoms with Gasteiger partial charge in [0.2, 0.25) is 0 Å². The van der Waals surface area contributed by atoms with Crippen LogP contribution in [0.2, 0.25) is 0 Å². The average Bonchev–Trinajstić information content (AvgIpc) is 3.15. The lowest BCUT2D eigenvalue weighted by molar-refractivity contribution is -0.191. The number of amides is 1. The number of hydrogen-bond donors (Lipinski definition) is 0. The van der Waals surface area contributed by atoms with Crippen LogP contribution in [0.3, 0.4) is 0 Å². The first kappa shape index (κ1) is 17.0. The van der Waals surface area contributed by atoms with Gasteiger partial charge < -0.3 is 9.57 Å². The molecule has 0 bridgehead atoms. The highest BCUT2D eigenvalue weighted by atomic mass is 16.7. The third-order valence-corrected chi connectivity index (χ3v) is 3.91. The number of allylic oxidation sites excluding steroid dienone is 2. The van der Waals surface area contributed by atoms with Crippen molar-refractivity contribution in [3.63, 3.8) is 0 Å². The van der Waals surface area contributed by atoms with E-state index < -0.39 is 11.6 Å². The van der Waals surface area contributed by atoms with Crippen molar-refractivity contribution in [3.8, 4) is 0 Å². The molecule has 0 aromatic carbocycles. The fourth-order valence-corrected chi connectivity index (χ4v) is 2.46. The van der Waals surface area contributed by atoms with Crippen molar-refractivity contribution < 1.29 is 19.2 Å². The van der Waals surface area contributed by atoms with Gasteiger partial charge in [0, 0.05) is 19.4 Å². The van der Waals surface area contributed by atoms with Gasteiger partial charge in [0.15, 0.2) is 0 Å². The van der Waals surface area contributed by atoms with Crippen molar-refractivity contribution in [2.45, 2.75) is 71.8 Å². The molecule has 0 radical (unpaired) electrons. The number of ether oxygens (including phenoxy) is 1. The van der Waals surface area contributed by atoms with E-state index in [0.717, 1.165) is 25.0 Å². The van der Waals surface area contributed by atoms with Crippen molar-refractivity contribution in [1.29, 1.82) is 0 Å². The summed E-state index contributed by atoms with van der Waals surface area (Å²) in [4.78, 5) is 29.3. The molecule has 1 heterocycles. The highest BCUT2D eigenvalue weighted by Gasteiger charge is 2.35. The van der Waals surface area contributed by atoms with Crippen molar-refractivity contribution in [1.82, 2.24) is 5.06 Å². The summed E-state index contributed by atoms with van der Waals surface area (Å²) in [6.07, 6.45) is 4.24. The summed E-state index contributed by atoms with van der Waals surface area (Å²) in [5, 5.41) is 1.22. The number of carbonyl (C=O) groups excluding carboxylic acids is 2. The van der Waals surface area contributed by atoms with Crippen LogP contribution in [0.1, 0.15) is 66.2 Å². The highest BCUT2D eigenvalue weighted by Crippen LogP contribution is 2.38. The summed E-state index contributed by atoms with van der Waals surface area (Å²) in [5.41, 5.74) is 1.56. The van der Waals surface area contributed by atoms with E-state index in [1.807, 2.05) is 13.8 Å². The molecule has 0 N–H and O–H groups in total. The van der Waals surface area contributed by atoms with Gasteiger partial charge in [-0.15, -0.1) is 5.06 Å². The second-order valence-electron chi connectivity index (χ2n) is 7.17. The summed E-state index contributed by atoms with van der Waals surface area (Å²) >= 11 is 0. The van der Waals surface area contributed by atoms with Crippen LogP contribution in [0.25, 0.3) is 0 Å². The van der Waals surface area contributed by atoms with E-state index in [1.165, 1.54) is 10.6 Å². The van der Waals surface area contributed by atoms with Crippen molar-refractivity contribution in [2.24, 2.45) is 5.92 Å². The molecule has 22 heavy (non-hydrogen) atoms. The molecule has 0 atom stereocenters. The largest absolute Gasteiger partial charge is 0.375 e. The molecule has 0 spiro atoms. The smallest absolute Gasteiger partial charge is 0.335 e. The minimum atomic E-state index is -0.582. The first-order chi connectivity index (χ1) is 10.3. The summed E-state index contributed by atoms with van der Waals surface area (Å²) in [6, 6.07) is 0. The number of hydroxylamine groups is 2. The second kappa shape index (κ2) is 6.82. The number of nitrogens with zero attached hydrogens (tertiary/aromatic N) is 1. The SMILES string of the molecule is CC(C)CCOC(C)(C)CC(=O)ON1C(=O)CCC1=C1CC1. The molecule has 124 valence electrons. The normalized spacial score (nSPS) is 18.4. The van der Waals surface area contributed by atoms with Gasteiger partial charge >= 0.3 is 5.97 Å². The van der Waals surface area contributed by atoms with Crippen LogP contribution in [-0.4, -0.2) is 29.1 Å². The lowest BCUT2D eigenvalue weighted by Crippen LogP contribution is -2.34. The zero-order chi connectivity index (χ0) is 16.3. The van der Waals surface area contributed by atoms with E-state index in [4.69, 9.17) is 9.57 Å². The number of carbonyl (C=O) groups is 2. The molecule has 1 aliphatic heterocycles. The van der Waals surface area contributed by atoms with Crippen LogP contribution in [0.4, 0.5) is 0 Å². The molecular formula is C17H27NO4. The number of rotatable bonds is 7. The predicted octanol–water partition coefficient (Wildman–Crippen LogP) is 3.35. The van der Waals surface area contributed by atoms with Gasteiger partial charge in [-0.1, -0.05) is 13.8 Å². The van der Waals surface area contributed by atoms with Gasteiger partial charge in [-0.3, -0.25) is 4.79 Å². The Morgan fingerprint density at radius 1 is 1.23 bits per heavy atom. The molecule has 1 amide bonds. The van der Waals surface area contributed by atoms with Crippen molar-refractivity contribution >= 4 is 11.9 Å². The van der Waals surface area contributed by atoms with E-state index in [2.05, 4.69) is 13.8 Å². The third-order valence-electron chi connectivity index (χ3n) is 3.91. The summed E-state index contributed by atoms with van der Waals surface area (Å²) in [7, 11) is 0. The minimum absolute atomic E-state index is 0.124. The Morgan fingerprint density at radius 3 is 2.50 bits per heavy atom. The summed E-state index contributed by atoms with van der Waals surface area (Å²) < 4.78 is 5.77. The Kier molecular flexibility index (Phi) is 5.27. The maximum atomic E-state index is 12.1. The van der Waals surface area contributed by atoms with E-state index >= 15 is 0 Å². The zero-order valence-corrected chi connectivity index (χ0v) is 14.1. The molecule has 2 aliphatic rings. The monoisotopic (exact) mass is 309 g/mol. The molecule has 2 fully saturated rings. The molecule has 1 saturated heterocycles. The molecule has 0 aromatic rings. The van der Waals surface area contributed by atoms with E-state index in [-0.39, 0.29) is 12.3 Å². The topological polar surface area (TPSA) is 55.8 Å². The van der Waals surface area contributed by atoms with Crippen LogP contribution >= 0.6 is 0 Å². The fourth-order valence-electron chi connectivity index (χ4n) is 2.46. The molecule has 1 saturated carbocycles. The minimum Gasteiger partial charge on any atom is -0.375 e. The maximum Gasteiger partial charge on any atom is 0.335 e. The second-order valence-corrected chi connectivity index (χ2v) is 7.17. The quantitative estimate of drug-likeness (QED) is 0.723. The van der Waals surface area contributed by atoms with Gasteiger partial charge in [-0.05, 0) is 44.6 Å². The van der Waals surface area contributed by atoms with E-state index in [9.17, 15) is 9.59 Å². The predicted molar refractivity (Wildman–Crippen MR) is 82.5 cm³/mol. The molecule has 0 aromatic heterocycles. The third kappa shape index (κ3) is 4.83. The Balaban J connectivity index is 1.84. The van der Waals surface area contributed by atoms with Crippen LogP contribution in [0.15, 0.2) is 11.3 Å². The lowest BCUT2D eigenvalue weighted by Gasteiger charge is -2.26.